The van der Waals surface area contributed by atoms with E-state index in [0.717, 1.165) is 16.1 Å². The largest absolute Gasteiger partial charge is 0.366 e. The van der Waals surface area contributed by atoms with Crippen molar-refractivity contribution in [3.63, 3.8) is 0 Å². The molecule has 4 N–H and O–H groups in total. The highest BCUT2D eigenvalue weighted by atomic mass is 32.1. The Hall–Kier alpha value is -2.93. The minimum Gasteiger partial charge on any atom is -0.366 e. The van der Waals surface area contributed by atoms with E-state index >= 15 is 0 Å². The van der Waals surface area contributed by atoms with Gasteiger partial charge in [-0.2, -0.15) is 5.10 Å². The minimum absolute atomic E-state index is 0.143. The van der Waals surface area contributed by atoms with Gasteiger partial charge in [0, 0.05) is 22.4 Å². The predicted molar refractivity (Wildman–Crippen MR) is 107 cm³/mol. The molecule has 0 saturated carbocycles. The summed E-state index contributed by atoms with van der Waals surface area (Å²) in [6, 6.07) is 13.4. The average molecular weight is 382 g/mol. The molecule has 0 spiro atoms. The molecule has 0 atom stereocenters. The highest BCUT2D eigenvalue weighted by Crippen LogP contribution is 2.30. The fourth-order valence-electron chi connectivity index (χ4n) is 2.59. The molecule has 0 aliphatic carbocycles. The van der Waals surface area contributed by atoms with Crippen LogP contribution in [-0.4, -0.2) is 22.0 Å². The number of H-pyrrole nitrogens is 1. The van der Waals surface area contributed by atoms with Crippen LogP contribution in [0, 0.1) is 0 Å². The van der Waals surface area contributed by atoms with Gasteiger partial charge < -0.3 is 11.1 Å². The number of aromatic nitrogens is 2. The van der Waals surface area contributed by atoms with Gasteiger partial charge in [-0.1, -0.05) is 51.1 Å². The molecule has 0 fully saturated rings. The first kappa shape index (κ1) is 18.8. The van der Waals surface area contributed by atoms with Crippen LogP contribution in [0.3, 0.4) is 0 Å². The van der Waals surface area contributed by atoms with Crippen molar-refractivity contribution in [1.29, 1.82) is 0 Å². The number of rotatable bonds is 5. The van der Waals surface area contributed by atoms with E-state index in [1.165, 1.54) is 11.3 Å². The molecule has 27 heavy (non-hydrogen) atoms. The number of carbonyl (C=O) groups is 2. The summed E-state index contributed by atoms with van der Waals surface area (Å²) in [6.45, 7) is 6.09. The maximum atomic E-state index is 12.6. The molecular formula is C20H22N4O2S. The van der Waals surface area contributed by atoms with Gasteiger partial charge in [0.1, 0.15) is 5.00 Å². The van der Waals surface area contributed by atoms with Crippen molar-refractivity contribution in [3.8, 4) is 0 Å². The number of hydrogen-bond donors (Lipinski definition) is 3. The molecule has 2 heterocycles. The molecule has 2 aromatic heterocycles. The Labute approximate surface area is 161 Å². The molecule has 3 aromatic rings. The van der Waals surface area contributed by atoms with E-state index in [-0.39, 0.29) is 17.0 Å². The Bertz CT molecular complexity index is 968. The zero-order valence-electron chi connectivity index (χ0n) is 15.5. The van der Waals surface area contributed by atoms with Gasteiger partial charge in [-0.05, 0) is 17.7 Å². The van der Waals surface area contributed by atoms with Crippen molar-refractivity contribution in [2.45, 2.75) is 32.6 Å². The number of aromatic amines is 1. The van der Waals surface area contributed by atoms with Gasteiger partial charge in [0.15, 0.2) is 5.69 Å². The Morgan fingerprint density at radius 2 is 1.89 bits per heavy atom. The van der Waals surface area contributed by atoms with Crippen molar-refractivity contribution in [1.82, 2.24) is 10.2 Å². The minimum atomic E-state index is -0.571. The molecule has 6 nitrogen and oxygen atoms in total. The number of anilines is 1. The summed E-state index contributed by atoms with van der Waals surface area (Å²) in [7, 11) is 0. The van der Waals surface area contributed by atoms with Gasteiger partial charge >= 0.3 is 0 Å². The summed E-state index contributed by atoms with van der Waals surface area (Å²) in [6.07, 6.45) is 0.665. The molecule has 0 saturated heterocycles. The molecule has 2 amide bonds. The molecular weight excluding hydrogens is 360 g/mol. The van der Waals surface area contributed by atoms with Gasteiger partial charge in [0.2, 0.25) is 0 Å². The Kier molecular flexibility index (Phi) is 5.14. The third-order valence-electron chi connectivity index (χ3n) is 4.12. The first-order valence-corrected chi connectivity index (χ1v) is 9.39. The number of hydrogen-bond acceptors (Lipinski definition) is 4. The summed E-state index contributed by atoms with van der Waals surface area (Å²) >= 11 is 1.35. The van der Waals surface area contributed by atoms with E-state index in [4.69, 9.17) is 5.73 Å². The van der Waals surface area contributed by atoms with E-state index in [1.807, 2.05) is 51.1 Å². The molecule has 0 bridgehead atoms. The number of nitrogens with one attached hydrogen (secondary N) is 2. The van der Waals surface area contributed by atoms with Crippen LogP contribution in [0.5, 0.6) is 0 Å². The second kappa shape index (κ2) is 7.36. The summed E-state index contributed by atoms with van der Waals surface area (Å²) in [5, 5.41) is 10.2. The van der Waals surface area contributed by atoms with Crippen molar-refractivity contribution in [2.24, 2.45) is 5.73 Å². The van der Waals surface area contributed by atoms with Crippen LogP contribution in [0.4, 0.5) is 5.00 Å². The zero-order valence-corrected chi connectivity index (χ0v) is 16.3. The van der Waals surface area contributed by atoms with E-state index in [0.29, 0.717) is 17.0 Å². The number of nitrogens with zero attached hydrogens (tertiary/aromatic N) is 1. The number of carbonyl (C=O) groups excluding carboxylic acids is 2. The molecule has 140 valence electrons. The average Bonchev–Trinajstić information content (AvgIpc) is 3.23. The number of nitrogens with two attached hydrogens (primary N) is 1. The van der Waals surface area contributed by atoms with E-state index in [1.54, 1.807) is 12.1 Å². The lowest BCUT2D eigenvalue weighted by Gasteiger charge is -2.14. The smallest absolute Gasteiger partial charge is 0.276 e. The lowest BCUT2D eigenvalue weighted by Crippen LogP contribution is -2.16. The summed E-state index contributed by atoms with van der Waals surface area (Å²) in [4.78, 5) is 25.3. The first-order valence-electron chi connectivity index (χ1n) is 8.57. The van der Waals surface area contributed by atoms with Crippen molar-refractivity contribution in [3.05, 3.63) is 69.9 Å². The third kappa shape index (κ3) is 4.43. The number of primary amides is 1. The molecule has 0 unspecified atom stereocenters. The van der Waals surface area contributed by atoms with Gasteiger partial charge in [0.25, 0.3) is 11.8 Å². The van der Waals surface area contributed by atoms with Crippen LogP contribution in [0.15, 0.2) is 42.5 Å². The first-order chi connectivity index (χ1) is 12.7. The second-order valence-electron chi connectivity index (χ2n) is 7.35. The molecule has 7 heteroatoms. The van der Waals surface area contributed by atoms with Crippen LogP contribution in [0.1, 0.15) is 57.8 Å². The molecule has 0 radical (unpaired) electrons. The van der Waals surface area contributed by atoms with Crippen molar-refractivity contribution < 1.29 is 9.59 Å². The molecule has 0 aliphatic heterocycles. The van der Waals surface area contributed by atoms with Gasteiger partial charge in [-0.25, -0.2) is 0 Å². The summed E-state index contributed by atoms with van der Waals surface area (Å²) < 4.78 is 0. The van der Waals surface area contributed by atoms with Gasteiger partial charge in [0.05, 0.1) is 5.56 Å². The predicted octanol–water partition coefficient (Wildman–Crippen LogP) is 3.71. The number of thiophene rings is 1. The lowest BCUT2D eigenvalue weighted by molar-refractivity contribution is 0.100. The Morgan fingerprint density at radius 3 is 2.48 bits per heavy atom. The Balaban J connectivity index is 1.82. The SMILES string of the molecule is CC(C)(C)c1cc(C(=O)Nc2sc(Cc3ccccc3)cc2C(N)=O)n[nH]1. The standard InChI is InChI=1S/C20H22N4O2S/c1-20(2,3)16-11-15(23-24-16)18(26)22-19-14(17(21)25)10-13(27-19)9-12-7-5-4-6-8-12/h4-8,10-11H,9H2,1-3H3,(H2,21,25)(H,22,26)(H,23,24). The van der Waals surface area contributed by atoms with Crippen LogP contribution < -0.4 is 11.1 Å². The quantitative estimate of drug-likeness (QED) is 0.627. The van der Waals surface area contributed by atoms with Crippen LogP contribution >= 0.6 is 11.3 Å². The van der Waals surface area contributed by atoms with Gasteiger partial charge in [-0.3, -0.25) is 14.7 Å². The highest BCUT2D eigenvalue weighted by Gasteiger charge is 2.21. The van der Waals surface area contributed by atoms with Crippen LogP contribution in [0.25, 0.3) is 0 Å². The summed E-state index contributed by atoms with van der Waals surface area (Å²) in [5.74, 6) is -0.948. The number of amides is 2. The van der Waals surface area contributed by atoms with Gasteiger partial charge in [-0.15, -0.1) is 11.3 Å². The normalized spacial score (nSPS) is 11.4. The second-order valence-corrected chi connectivity index (χ2v) is 8.49. The maximum absolute atomic E-state index is 12.6. The zero-order chi connectivity index (χ0) is 19.6. The highest BCUT2D eigenvalue weighted by molar-refractivity contribution is 7.16. The fourth-order valence-corrected chi connectivity index (χ4v) is 3.68. The topological polar surface area (TPSA) is 101 Å². The Morgan fingerprint density at radius 1 is 1.19 bits per heavy atom. The monoisotopic (exact) mass is 382 g/mol. The fraction of sp³-hybridized carbons (Fsp3) is 0.250. The van der Waals surface area contributed by atoms with E-state index in [2.05, 4.69) is 15.5 Å². The van der Waals surface area contributed by atoms with Crippen LogP contribution in [-0.2, 0) is 11.8 Å². The molecule has 1 aromatic carbocycles. The number of benzene rings is 1. The van der Waals surface area contributed by atoms with Crippen molar-refractivity contribution >= 4 is 28.2 Å². The summed E-state index contributed by atoms with van der Waals surface area (Å²) in [5.41, 5.74) is 7.91. The van der Waals surface area contributed by atoms with Crippen LogP contribution in [0.2, 0.25) is 0 Å². The third-order valence-corrected chi connectivity index (χ3v) is 5.17. The lowest BCUT2D eigenvalue weighted by atomic mass is 9.92. The maximum Gasteiger partial charge on any atom is 0.276 e. The van der Waals surface area contributed by atoms with E-state index in [9.17, 15) is 9.59 Å². The van der Waals surface area contributed by atoms with E-state index < -0.39 is 5.91 Å². The molecule has 0 aliphatic rings. The molecule has 3 rings (SSSR count). The van der Waals surface area contributed by atoms with Crippen molar-refractivity contribution in [2.75, 3.05) is 5.32 Å².